The predicted octanol–water partition coefficient (Wildman–Crippen LogP) is 1.49. The van der Waals surface area contributed by atoms with Crippen LogP contribution in [0.5, 0.6) is 0 Å². The van der Waals surface area contributed by atoms with Crippen molar-refractivity contribution in [2.24, 2.45) is 0 Å². The number of hydrogen-bond acceptors (Lipinski definition) is 5. The van der Waals surface area contributed by atoms with Crippen molar-refractivity contribution in [3.8, 4) is 0 Å². The number of rotatable bonds is 8. The van der Waals surface area contributed by atoms with Crippen LogP contribution in [0.15, 0.2) is 36.9 Å². The van der Waals surface area contributed by atoms with Crippen molar-refractivity contribution in [2.45, 2.75) is 25.4 Å². The summed E-state index contributed by atoms with van der Waals surface area (Å²) in [4.78, 5) is 19.1. The molecule has 0 aromatic carbocycles. The highest BCUT2D eigenvalue weighted by Crippen LogP contribution is 2.24. The van der Waals surface area contributed by atoms with Crippen LogP contribution in [-0.4, -0.2) is 58.9 Å². The number of amides is 1. The first kappa shape index (κ1) is 17.6. The normalized spacial score (nSPS) is 16.0. The largest absolute Gasteiger partial charge is 0.383 e. The van der Waals surface area contributed by atoms with Gasteiger partial charge in [0.2, 0.25) is 0 Å². The Labute approximate surface area is 148 Å². The zero-order chi connectivity index (χ0) is 17.5. The van der Waals surface area contributed by atoms with Crippen molar-refractivity contribution >= 4 is 5.91 Å². The Balaban J connectivity index is 1.62. The molecule has 1 unspecified atom stereocenters. The topological polar surface area (TPSA) is 72.3 Å². The zero-order valence-electron chi connectivity index (χ0n) is 14.6. The van der Waals surface area contributed by atoms with Crippen LogP contribution < -0.4 is 5.32 Å². The first-order chi connectivity index (χ1) is 12.3. The molecule has 0 spiro atoms. The van der Waals surface area contributed by atoms with Crippen molar-refractivity contribution in [3.63, 3.8) is 0 Å². The fraction of sp³-hybridized carbons (Fsp3) is 0.500. The van der Waals surface area contributed by atoms with Gasteiger partial charge in [-0.05, 0) is 37.6 Å². The monoisotopic (exact) mass is 343 g/mol. The molecule has 2 aromatic rings. The summed E-state index contributed by atoms with van der Waals surface area (Å²) in [6.45, 7) is 3.89. The van der Waals surface area contributed by atoms with Gasteiger partial charge in [0, 0.05) is 32.2 Å². The van der Waals surface area contributed by atoms with Crippen LogP contribution in [0.2, 0.25) is 0 Å². The lowest BCUT2D eigenvalue weighted by molar-refractivity contribution is 0.0937. The van der Waals surface area contributed by atoms with E-state index < -0.39 is 0 Å². The Bertz CT molecular complexity index is 667. The maximum absolute atomic E-state index is 12.5. The van der Waals surface area contributed by atoms with Gasteiger partial charge < -0.3 is 10.1 Å². The molecule has 7 nitrogen and oxygen atoms in total. The van der Waals surface area contributed by atoms with E-state index in [1.165, 1.54) is 12.8 Å². The van der Waals surface area contributed by atoms with Crippen LogP contribution in [0.25, 0.3) is 0 Å². The van der Waals surface area contributed by atoms with Crippen LogP contribution in [0.3, 0.4) is 0 Å². The second-order valence-electron chi connectivity index (χ2n) is 6.24. The van der Waals surface area contributed by atoms with E-state index in [1.807, 2.05) is 12.3 Å². The van der Waals surface area contributed by atoms with E-state index in [2.05, 4.69) is 26.4 Å². The van der Waals surface area contributed by atoms with Crippen molar-refractivity contribution in [1.82, 2.24) is 25.0 Å². The molecule has 0 bridgehead atoms. The molecule has 1 N–H and O–H groups in total. The van der Waals surface area contributed by atoms with Gasteiger partial charge in [-0.2, -0.15) is 5.10 Å². The third-order valence-electron chi connectivity index (χ3n) is 4.53. The number of likely N-dealkylation sites (tertiary alicyclic amines) is 1. The van der Waals surface area contributed by atoms with Gasteiger partial charge in [0.1, 0.15) is 0 Å². The quantitative estimate of drug-likeness (QED) is 0.786. The van der Waals surface area contributed by atoms with Crippen molar-refractivity contribution in [1.29, 1.82) is 0 Å². The minimum atomic E-state index is -0.100. The molecule has 1 saturated heterocycles. The van der Waals surface area contributed by atoms with Gasteiger partial charge >= 0.3 is 0 Å². The van der Waals surface area contributed by atoms with Gasteiger partial charge in [-0.1, -0.05) is 6.07 Å². The van der Waals surface area contributed by atoms with Gasteiger partial charge in [-0.25, -0.2) is 0 Å². The second kappa shape index (κ2) is 8.73. The summed E-state index contributed by atoms with van der Waals surface area (Å²) in [6.07, 6.45) is 9.42. The van der Waals surface area contributed by atoms with E-state index in [0.29, 0.717) is 25.3 Å². The van der Waals surface area contributed by atoms with E-state index in [9.17, 15) is 4.79 Å². The second-order valence-corrected chi connectivity index (χ2v) is 6.24. The van der Waals surface area contributed by atoms with E-state index in [4.69, 9.17) is 4.74 Å². The van der Waals surface area contributed by atoms with Crippen LogP contribution in [0.1, 0.15) is 34.8 Å². The molecule has 3 rings (SSSR count). The Morgan fingerprint density at radius 1 is 1.36 bits per heavy atom. The maximum Gasteiger partial charge on any atom is 0.254 e. The first-order valence-corrected chi connectivity index (χ1v) is 8.71. The Hall–Kier alpha value is -2.25. The number of carbonyl (C=O) groups excluding carboxylic acids is 1. The lowest BCUT2D eigenvalue weighted by Gasteiger charge is -2.27. The molecule has 1 aliphatic rings. The number of hydrogen-bond donors (Lipinski definition) is 1. The highest BCUT2D eigenvalue weighted by molar-refractivity contribution is 5.93. The highest BCUT2D eigenvalue weighted by Gasteiger charge is 2.24. The van der Waals surface area contributed by atoms with Crippen LogP contribution in [-0.2, 0) is 11.3 Å². The van der Waals surface area contributed by atoms with Gasteiger partial charge in [-0.15, -0.1) is 0 Å². The van der Waals surface area contributed by atoms with Gasteiger partial charge in [0.05, 0.1) is 31.0 Å². The molecule has 1 amide bonds. The fourth-order valence-electron chi connectivity index (χ4n) is 3.16. The Morgan fingerprint density at radius 3 is 2.92 bits per heavy atom. The molecule has 0 aliphatic carbocycles. The van der Waals surface area contributed by atoms with Crippen LogP contribution in [0.4, 0.5) is 0 Å². The minimum absolute atomic E-state index is 0.100. The molecule has 25 heavy (non-hydrogen) atoms. The molecule has 3 heterocycles. The summed E-state index contributed by atoms with van der Waals surface area (Å²) < 4.78 is 6.75. The minimum Gasteiger partial charge on any atom is -0.383 e. The highest BCUT2D eigenvalue weighted by atomic mass is 16.5. The summed E-state index contributed by atoms with van der Waals surface area (Å²) in [5.41, 5.74) is 1.71. The average Bonchev–Trinajstić information content (AvgIpc) is 3.33. The lowest BCUT2D eigenvalue weighted by atomic mass is 10.1. The van der Waals surface area contributed by atoms with Gasteiger partial charge in [0.25, 0.3) is 5.91 Å². The summed E-state index contributed by atoms with van der Waals surface area (Å²) in [6, 6.07) is 4.18. The van der Waals surface area contributed by atoms with Crippen LogP contribution >= 0.6 is 0 Å². The molecule has 1 fully saturated rings. The Kier molecular flexibility index (Phi) is 6.14. The van der Waals surface area contributed by atoms with Crippen molar-refractivity contribution < 1.29 is 9.53 Å². The van der Waals surface area contributed by atoms with E-state index in [0.717, 1.165) is 18.7 Å². The molecular weight excluding hydrogens is 318 g/mol. The number of ether oxygens (including phenoxy) is 1. The summed E-state index contributed by atoms with van der Waals surface area (Å²) >= 11 is 0. The predicted molar refractivity (Wildman–Crippen MR) is 94.2 cm³/mol. The summed E-state index contributed by atoms with van der Waals surface area (Å²) in [5.74, 6) is -0.100. The molecule has 134 valence electrons. The molecule has 1 aliphatic heterocycles. The molecule has 1 atom stereocenters. The average molecular weight is 343 g/mol. The number of nitrogens with zero attached hydrogens (tertiary/aromatic N) is 4. The fourth-order valence-corrected chi connectivity index (χ4v) is 3.16. The maximum atomic E-state index is 12.5. The first-order valence-electron chi connectivity index (χ1n) is 8.71. The number of nitrogens with one attached hydrogen (secondary N) is 1. The number of methoxy groups -OCH3 is 1. The third-order valence-corrected chi connectivity index (χ3v) is 4.53. The molecular formula is C18H25N5O2. The smallest absolute Gasteiger partial charge is 0.254 e. The van der Waals surface area contributed by atoms with Crippen LogP contribution in [0, 0.1) is 0 Å². The zero-order valence-corrected chi connectivity index (χ0v) is 14.6. The number of aromatic nitrogens is 3. The summed E-state index contributed by atoms with van der Waals surface area (Å²) in [7, 11) is 1.65. The standard InChI is InChI=1S/C18H25N5O2/c1-25-10-9-23-14-16(12-21-23)18(24)20-13-17(22-7-2-3-8-22)15-5-4-6-19-11-15/h4-6,11-12,14,17H,2-3,7-10,13H2,1H3,(H,20,24). The molecule has 2 aromatic heterocycles. The SMILES string of the molecule is COCCn1cc(C(=O)NCC(c2cccnc2)N2CCCC2)cn1. The molecule has 7 heteroatoms. The number of pyridine rings is 1. The number of carbonyl (C=O) groups is 1. The van der Waals surface area contributed by atoms with E-state index in [1.54, 1.807) is 30.4 Å². The van der Waals surface area contributed by atoms with Crippen molar-refractivity contribution in [3.05, 3.63) is 48.0 Å². The Morgan fingerprint density at radius 2 is 2.20 bits per heavy atom. The van der Waals surface area contributed by atoms with E-state index >= 15 is 0 Å². The van der Waals surface area contributed by atoms with Crippen molar-refractivity contribution in [2.75, 3.05) is 33.4 Å². The molecule has 0 radical (unpaired) electrons. The van der Waals surface area contributed by atoms with E-state index in [-0.39, 0.29) is 11.9 Å². The van der Waals surface area contributed by atoms with Gasteiger partial charge in [-0.3, -0.25) is 19.4 Å². The van der Waals surface area contributed by atoms with Gasteiger partial charge in [0.15, 0.2) is 0 Å². The lowest BCUT2D eigenvalue weighted by Crippen LogP contribution is -2.36. The molecule has 0 saturated carbocycles. The third kappa shape index (κ3) is 4.64. The summed E-state index contributed by atoms with van der Waals surface area (Å²) in [5, 5.41) is 7.24.